The number of ether oxygens (including phenoxy) is 2. The van der Waals surface area contributed by atoms with Crippen molar-refractivity contribution in [3.8, 4) is 16.3 Å². The fourth-order valence-corrected chi connectivity index (χ4v) is 4.42. The molecule has 1 saturated heterocycles. The number of hydrogen-bond acceptors (Lipinski definition) is 8. The van der Waals surface area contributed by atoms with Gasteiger partial charge >= 0.3 is 0 Å². The standard InChI is InChI=1S/C25H27N5O4S/c31-22(15-30-10-12-33-13-11-30)26-20-14-19(8-9-21(20)34-16-17-6-7-17)23(32)27-25-29-28-24(35-25)18-4-2-1-3-5-18/h1-5,8-9,14,17H,6-7,10-13,15-16H2,(H,26,31)(H,27,29,32). The summed E-state index contributed by atoms with van der Waals surface area (Å²) < 4.78 is 11.3. The van der Waals surface area contributed by atoms with E-state index in [0.717, 1.165) is 23.4 Å². The van der Waals surface area contributed by atoms with Gasteiger partial charge < -0.3 is 14.8 Å². The Labute approximate surface area is 207 Å². The van der Waals surface area contributed by atoms with Gasteiger partial charge in [-0.1, -0.05) is 41.7 Å². The number of hydrogen-bond donors (Lipinski definition) is 2. The molecule has 1 saturated carbocycles. The van der Waals surface area contributed by atoms with Crippen LogP contribution < -0.4 is 15.4 Å². The predicted molar refractivity (Wildman–Crippen MR) is 134 cm³/mol. The molecule has 182 valence electrons. The van der Waals surface area contributed by atoms with Crippen molar-refractivity contribution in [3.63, 3.8) is 0 Å². The molecule has 2 aromatic carbocycles. The first kappa shape index (κ1) is 23.4. The first-order valence-electron chi connectivity index (χ1n) is 11.7. The van der Waals surface area contributed by atoms with Crippen molar-refractivity contribution in [2.45, 2.75) is 12.8 Å². The topological polar surface area (TPSA) is 106 Å². The summed E-state index contributed by atoms with van der Waals surface area (Å²) in [5.41, 5.74) is 1.81. The van der Waals surface area contributed by atoms with Gasteiger partial charge in [0, 0.05) is 24.2 Å². The lowest BCUT2D eigenvalue weighted by Gasteiger charge is -2.26. The average molecular weight is 494 g/mol. The van der Waals surface area contributed by atoms with E-state index in [1.54, 1.807) is 18.2 Å². The van der Waals surface area contributed by atoms with Crippen molar-refractivity contribution in [2.24, 2.45) is 5.92 Å². The third kappa shape index (κ3) is 6.41. The second kappa shape index (κ2) is 10.9. The lowest BCUT2D eigenvalue weighted by Crippen LogP contribution is -2.41. The number of carbonyl (C=O) groups is 2. The van der Waals surface area contributed by atoms with Crippen LogP contribution >= 0.6 is 11.3 Å². The van der Waals surface area contributed by atoms with Crippen molar-refractivity contribution in [1.82, 2.24) is 15.1 Å². The third-order valence-corrected chi connectivity index (χ3v) is 6.71. The first-order chi connectivity index (χ1) is 17.1. The molecule has 0 bridgehead atoms. The van der Waals surface area contributed by atoms with E-state index in [0.29, 0.717) is 61.0 Å². The van der Waals surface area contributed by atoms with E-state index in [9.17, 15) is 9.59 Å². The van der Waals surface area contributed by atoms with Crippen LogP contribution in [-0.2, 0) is 9.53 Å². The van der Waals surface area contributed by atoms with Crippen LogP contribution in [0.5, 0.6) is 5.75 Å². The minimum Gasteiger partial charge on any atom is -0.491 e. The number of anilines is 2. The summed E-state index contributed by atoms with van der Waals surface area (Å²) in [4.78, 5) is 27.7. The molecule has 35 heavy (non-hydrogen) atoms. The zero-order valence-corrected chi connectivity index (χ0v) is 20.1. The zero-order valence-electron chi connectivity index (χ0n) is 19.2. The fourth-order valence-electron chi connectivity index (χ4n) is 3.68. The van der Waals surface area contributed by atoms with E-state index in [2.05, 4.69) is 20.8 Å². The van der Waals surface area contributed by atoms with Crippen molar-refractivity contribution >= 4 is 34.0 Å². The van der Waals surface area contributed by atoms with Gasteiger partial charge in [0.05, 0.1) is 32.1 Å². The number of nitrogens with one attached hydrogen (secondary N) is 2. The van der Waals surface area contributed by atoms with E-state index in [4.69, 9.17) is 9.47 Å². The first-order valence-corrected chi connectivity index (χ1v) is 12.5. The lowest BCUT2D eigenvalue weighted by atomic mass is 10.1. The second-order valence-electron chi connectivity index (χ2n) is 8.63. The summed E-state index contributed by atoms with van der Waals surface area (Å²) in [6.07, 6.45) is 2.32. The van der Waals surface area contributed by atoms with Crippen LogP contribution in [0.15, 0.2) is 48.5 Å². The van der Waals surface area contributed by atoms with E-state index in [1.807, 2.05) is 35.2 Å². The van der Waals surface area contributed by atoms with Crippen molar-refractivity contribution in [3.05, 3.63) is 54.1 Å². The quantitative estimate of drug-likeness (QED) is 0.470. The molecule has 10 heteroatoms. The largest absolute Gasteiger partial charge is 0.491 e. The molecule has 2 fully saturated rings. The van der Waals surface area contributed by atoms with Crippen molar-refractivity contribution < 1.29 is 19.1 Å². The predicted octanol–water partition coefficient (Wildman–Crippen LogP) is 3.52. The number of carbonyl (C=O) groups excluding carboxylic acids is 2. The van der Waals surface area contributed by atoms with Gasteiger partial charge in [-0.05, 0) is 37.0 Å². The Hall–Kier alpha value is -3.34. The van der Waals surface area contributed by atoms with Crippen LogP contribution in [-0.4, -0.2) is 66.4 Å². The normalized spacial score (nSPS) is 16.0. The van der Waals surface area contributed by atoms with Crippen molar-refractivity contribution in [2.75, 3.05) is 50.1 Å². The van der Waals surface area contributed by atoms with Gasteiger partial charge in [-0.25, -0.2) is 0 Å². The highest BCUT2D eigenvalue weighted by Gasteiger charge is 2.23. The Kier molecular flexibility index (Phi) is 7.31. The number of morpholine rings is 1. The number of nitrogens with zero attached hydrogens (tertiary/aromatic N) is 3. The van der Waals surface area contributed by atoms with Gasteiger partial charge in [0.2, 0.25) is 11.0 Å². The minimum atomic E-state index is -0.335. The van der Waals surface area contributed by atoms with Gasteiger partial charge in [-0.2, -0.15) is 0 Å². The molecular formula is C25H27N5O4S. The number of benzene rings is 2. The summed E-state index contributed by atoms with van der Waals surface area (Å²) in [6, 6.07) is 14.7. The van der Waals surface area contributed by atoms with Gasteiger partial charge in [0.25, 0.3) is 5.91 Å². The average Bonchev–Trinajstić information content (AvgIpc) is 3.60. The highest BCUT2D eigenvalue weighted by atomic mass is 32.1. The molecule has 3 aromatic rings. The van der Waals surface area contributed by atoms with Gasteiger partial charge in [0.15, 0.2) is 0 Å². The number of aromatic nitrogens is 2. The number of rotatable bonds is 9. The Morgan fingerprint density at radius 3 is 2.63 bits per heavy atom. The Bertz CT molecular complexity index is 1180. The van der Waals surface area contributed by atoms with Crippen LogP contribution in [0.2, 0.25) is 0 Å². The number of amides is 2. The lowest BCUT2D eigenvalue weighted by molar-refractivity contribution is -0.118. The van der Waals surface area contributed by atoms with Gasteiger partial charge in [-0.3, -0.25) is 19.8 Å². The molecule has 1 aliphatic heterocycles. The maximum atomic E-state index is 13.0. The maximum absolute atomic E-state index is 13.0. The summed E-state index contributed by atoms with van der Waals surface area (Å²) in [5, 5.41) is 15.1. The highest BCUT2D eigenvalue weighted by molar-refractivity contribution is 7.18. The molecular weight excluding hydrogens is 466 g/mol. The Balaban J connectivity index is 1.28. The van der Waals surface area contributed by atoms with Crippen LogP contribution in [0.3, 0.4) is 0 Å². The summed E-state index contributed by atoms with van der Waals surface area (Å²) in [6.45, 7) is 3.54. The molecule has 9 nitrogen and oxygen atoms in total. The molecule has 0 atom stereocenters. The van der Waals surface area contributed by atoms with Crippen LogP contribution in [0.25, 0.3) is 10.6 Å². The molecule has 0 radical (unpaired) electrons. The molecule has 2 heterocycles. The van der Waals surface area contributed by atoms with Crippen molar-refractivity contribution in [1.29, 1.82) is 0 Å². The Morgan fingerprint density at radius 1 is 1.06 bits per heavy atom. The molecule has 5 rings (SSSR count). The van der Waals surface area contributed by atoms with E-state index in [1.165, 1.54) is 11.3 Å². The summed E-state index contributed by atoms with van der Waals surface area (Å²) in [5.74, 6) is 0.632. The maximum Gasteiger partial charge on any atom is 0.257 e. The molecule has 2 amide bonds. The Morgan fingerprint density at radius 2 is 1.86 bits per heavy atom. The fraction of sp³-hybridized carbons (Fsp3) is 0.360. The van der Waals surface area contributed by atoms with Crippen LogP contribution in [0.4, 0.5) is 10.8 Å². The molecule has 0 spiro atoms. The van der Waals surface area contributed by atoms with Gasteiger partial charge in [0.1, 0.15) is 10.8 Å². The second-order valence-corrected chi connectivity index (χ2v) is 9.61. The zero-order chi connectivity index (χ0) is 24.0. The van der Waals surface area contributed by atoms with E-state index >= 15 is 0 Å². The van der Waals surface area contributed by atoms with Crippen LogP contribution in [0, 0.1) is 5.92 Å². The molecule has 2 N–H and O–H groups in total. The summed E-state index contributed by atoms with van der Waals surface area (Å²) in [7, 11) is 0. The highest BCUT2D eigenvalue weighted by Crippen LogP contribution is 2.33. The smallest absolute Gasteiger partial charge is 0.257 e. The molecule has 1 aromatic heterocycles. The van der Waals surface area contributed by atoms with E-state index in [-0.39, 0.29) is 18.4 Å². The minimum absolute atomic E-state index is 0.155. The van der Waals surface area contributed by atoms with Crippen LogP contribution in [0.1, 0.15) is 23.2 Å². The molecule has 1 aliphatic carbocycles. The SMILES string of the molecule is O=C(CN1CCOCC1)Nc1cc(C(=O)Nc2nnc(-c3ccccc3)s2)ccc1OCC1CC1. The monoisotopic (exact) mass is 493 g/mol. The van der Waals surface area contributed by atoms with E-state index < -0.39 is 0 Å². The van der Waals surface area contributed by atoms with Gasteiger partial charge in [-0.15, -0.1) is 10.2 Å². The molecule has 0 unspecified atom stereocenters. The summed E-state index contributed by atoms with van der Waals surface area (Å²) >= 11 is 1.30. The molecule has 2 aliphatic rings. The third-order valence-electron chi connectivity index (χ3n) is 5.82.